The molecular weight excluding hydrogens is 362 g/mol. The van der Waals surface area contributed by atoms with E-state index in [1.807, 2.05) is 18.4 Å². The van der Waals surface area contributed by atoms with Gasteiger partial charge in [-0.1, -0.05) is 39.0 Å². The van der Waals surface area contributed by atoms with Crippen LogP contribution in [0.15, 0.2) is 33.1 Å². The standard InChI is InChI=1S/C12H12BrN3O2S2/c1-7(18-9-5-3-8(13)4-6-9)10(17)14-11-15-16-12(19-2)20-11/h3-7H,1-2H3,(H,14,15,17)/t7-/m1/s1. The monoisotopic (exact) mass is 373 g/mol. The van der Waals surface area contributed by atoms with Crippen molar-refractivity contribution in [3.8, 4) is 5.75 Å². The summed E-state index contributed by atoms with van der Waals surface area (Å²) >= 11 is 6.16. The Hall–Kier alpha value is -1.12. The van der Waals surface area contributed by atoms with E-state index in [1.54, 1.807) is 19.1 Å². The van der Waals surface area contributed by atoms with Crippen molar-refractivity contribution >= 4 is 50.1 Å². The molecule has 0 saturated heterocycles. The van der Waals surface area contributed by atoms with Crippen molar-refractivity contribution in [2.45, 2.75) is 17.4 Å². The minimum Gasteiger partial charge on any atom is -0.481 e. The predicted octanol–water partition coefficient (Wildman–Crippen LogP) is 3.43. The summed E-state index contributed by atoms with van der Waals surface area (Å²) in [6.45, 7) is 1.69. The summed E-state index contributed by atoms with van der Waals surface area (Å²) < 4.78 is 7.32. The van der Waals surface area contributed by atoms with Crippen molar-refractivity contribution in [3.05, 3.63) is 28.7 Å². The van der Waals surface area contributed by atoms with Crippen LogP contribution in [-0.2, 0) is 4.79 Å². The molecule has 2 rings (SSSR count). The molecule has 0 aliphatic rings. The Kier molecular flexibility index (Phi) is 5.38. The van der Waals surface area contributed by atoms with Crippen LogP contribution in [-0.4, -0.2) is 28.5 Å². The van der Waals surface area contributed by atoms with E-state index in [0.29, 0.717) is 10.9 Å². The Labute approximate surface area is 133 Å². The fourth-order valence-electron chi connectivity index (χ4n) is 1.32. The zero-order valence-electron chi connectivity index (χ0n) is 10.8. The Bertz CT molecular complexity index is 589. The van der Waals surface area contributed by atoms with Crippen LogP contribution in [0.5, 0.6) is 5.75 Å². The maximum absolute atomic E-state index is 12.0. The molecule has 1 aromatic carbocycles. The topological polar surface area (TPSA) is 64.1 Å². The average molecular weight is 374 g/mol. The van der Waals surface area contributed by atoms with Gasteiger partial charge in [-0.3, -0.25) is 10.1 Å². The molecule has 0 bridgehead atoms. The third kappa shape index (κ3) is 4.19. The lowest BCUT2D eigenvalue weighted by atomic mass is 10.3. The molecule has 106 valence electrons. The normalized spacial score (nSPS) is 11.9. The quantitative estimate of drug-likeness (QED) is 0.642. The zero-order chi connectivity index (χ0) is 14.5. The second-order valence-electron chi connectivity index (χ2n) is 3.78. The number of anilines is 1. The van der Waals surface area contributed by atoms with Gasteiger partial charge < -0.3 is 4.74 Å². The number of hydrogen-bond donors (Lipinski definition) is 1. The molecule has 0 fully saturated rings. The molecule has 0 spiro atoms. The fraction of sp³-hybridized carbons (Fsp3) is 0.250. The van der Waals surface area contributed by atoms with Gasteiger partial charge in [0.25, 0.3) is 5.91 Å². The minimum absolute atomic E-state index is 0.253. The highest BCUT2D eigenvalue weighted by Crippen LogP contribution is 2.23. The molecule has 2 aromatic rings. The van der Waals surface area contributed by atoms with Crippen molar-refractivity contribution in [2.75, 3.05) is 11.6 Å². The summed E-state index contributed by atoms with van der Waals surface area (Å²) in [5, 5.41) is 11.0. The van der Waals surface area contributed by atoms with Gasteiger partial charge in [-0.15, -0.1) is 10.2 Å². The van der Waals surface area contributed by atoms with Crippen LogP contribution < -0.4 is 10.1 Å². The summed E-state index contributed by atoms with van der Waals surface area (Å²) in [7, 11) is 0. The third-order valence-corrected chi connectivity index (χ3v) is 4.65. The van der Waals surface area contributed by atoms with Crippen molar-refractivity contribution in [1.82, 2.24) is 10.2 Å². The number of halogens is 1. The molecule has 20 heavy (non-hydrogen) atoms. The highest BCUT2D eigenvalue weighted by molar-refractivity contribution is 9.10. The first kappa shape index (κ1) is 15.3. The van der Waals surface area contributed by atoms with Crippen LogP contribution in [0.3, 0.4) is 0 Å². The summed E-state index contributed by atoms with van der Waals surface area (Å²) in [5.74, 6) is 0.384. The van der Waals surface area contributed by atoms with E-state index in [9.17, 15) is 4.79 Å². The van der Waals surface area contributed by atoms with E-state index in [-0.39, 0.29) is 5.91 Å². The zero-order valence-corrected chi connectivity index (χ0v) is 14.0. The Balaban J connectivity index is 1.93. The number of amides is 1. The van der Waals surface area contributed by atoms with Crippen molar-refractivity contribution in [3.63, 3.8) is 0 Å². The number of ether oxygens (including phenoxy) is 1. The highest BCUT2D eigenvalue weighted by Gasteiger charge is 2.16. The first-order valence-electron chi connectivity index (χ1n) is 5.69. The number of nitrogens with one attached hydrogen (secondary N) is 1. The lowest BCUT2D eigenvalue weighted by Crippen LogP contribution is -2.30. The van der Waals surface area contributed by atoms with Gasteiger partial charge in [-0.05, 0) is 37.4 Å². The molecular formula is C12H12BrN3O2S2. The maximum Gasteiger partial charge on any atom is 0.266 e. The fourth-order valence-corrected chi connectivity index (χ4v) is 2.76. The average Bonchev–Trinajstić information content (AvgIpc) is 2.89. The Morgan fingerprint density at radius 2 is 2.10 bits per heavy atom. The first-order valence-corrected chi connectivity index (χ1v) is 8.52. The molecule has 1 aromatic heterocycles. The van der Waals surface area contributed by atoms with Gasteiger partial charge in [0.05, 0.1) is 0 Å². The van der Waals surface area contributed by atoms with Crippen molar-refractivity contribution in [2.24, 2.45) is 0 Å². The number of rotatable bonds is 5. The smallest absolute Gasteiger partial charge is 0.266 e. The predicted molar refractivity (Wildman–Crippen MR) is 84.6 cm³/mol. The second-order valence-corrected chi connectivity index (χ2v) is 6.73. The Morgan fingerprint density at radius 3 is 2.70 bits per heavy atom. The summed E-state index contributed by atoms with van der Waals surface area (Å²) in [5.41, 5.74) is 0. The van der Waals surface area contributed by atoms with Gasteiger partial charge in [0.15, 0.2) is 10.4 Å². The molecule has 0 saturated carbocycles. The number of aromatic nitrogens is 2. The van der Waals surface area contributed by atoms with E-state index in [0.717, 1.165) is 8.81 Å². The molecule has 1 heterocycles. The summed E-state index contributed by atoms with van der Waals surface area (Å²) in [6, 6.07) is 7.31. The number of carbonyl (C=O) groups is 1. The van der Waals surface area contributed by atoms with Crippen LogP contribution in [0.4, 0.5) is 5.13 Å². The van der Waals surface area contributed by atoms with Gasteiger partial charge in [-0.25, -0.2) is 0 Å². The molecule has 0 aliphatic heterocycles. The number of carbonyl (C=O) groups excluding carboxylic acids is 1. The maximum atomic E-state index is 12.0. The van der Waals surface area contributed by atoms with Gasteiger partial charge in [-0.2, -0.15) is 0 Å². The van der Waals surface area contributed by atoms with Crippen LogP contribution in [0.2, 0.25) is 0 Å². The van der Waals surface area contributed by atoms with Crippen LogP contribution in [0.1, 0.15) is 6.92 Å². The van der Waals surface area contributed by atoms with Gasteiger partial charge in [0.2, 0.25) is 5.13 Å². The number of benzene rings is 1. The second kappa shape index (κ2) is 7.05. The first-order chi connectivity index (χ1) is 9.58. The van der Waals surface area contributed by atoms with E-state index in [1.165, 1.54) is 23.1 Å². The largest absolute Gasteiger partial charge is 0.481 e. The number of hydrogen-bond acceptors (Lipinski definition) is 6. The molecule has 1 amide bonds. The lowest BCUT2D eigenvalue weighted by molar-refractivity contribution is -0.122. The Morgan fingerprint density at radius 1 is 1.40 bits per heavy atom. The molecule has 1 atom stereocenters. The molecule has 0 unspecified atom stereocenters. The van der Waals surface area contributed by atoms with E-state index in [4.69, 9.17) is 4.74 Å². The van der Waals surface area contributed by atoms with Gasteiger partial charge >= 0.3 is 0 Å². The SMILES string of the molecule is CSc1nnc(NC(=O)[C@@H](C)Oc2ccc(Br)cc2)s1. The van der Waals surface area contributed by atoms with Gasteiger partial charge in [0.1, 0.15) is 5.75 Å². The van der Waals surface area contributed by atoms with Crippen molar-refractivity contribution < 1.29 is 9.53 Å². The molecule has 0 radical (unpaired) electrons. The minimum atomic E-state index is -0.613. The van der Waals surface area contributed by atoms with Crippen LogP contribution >= 0.6 is 39.0 Å². The molecule has 8 heteroatoms. The summed E-state index contributed by atoms with van der Waals surface area (Å²) in [4.78, 5) is 12.0. The third-order valence-electron chi connectivity index (χ3n) is 2.31. The number of nitrogens with zero attached hydrogens (tertiary/aromatic N) is 2. The molecule has 0 aliphatic carbocycles. The summed E-state index contributed by atoms with van der Waals surface area (Å²) in [6.07, 6.45) is 1.29. The van der Waals surface area contributed by atoms with E-state index in [2.05, 4.69) is 31.4 Å². The van der Waals surface area contributed by atoms with E-state index < -0.39 is 6.10 Å². The van der Waals surface area contributed by atoms with Crippen LogP contribution in [0, 0.1) is 0 Å². The van der Waals surface area contributed by atoms with Crippen LogP contribution in [0.25, 0.3) is 0 Å². The molecule has 5 nitrogen and oxygen atoms in total. The van der Waals surface area contributed by atoms with Gasteiger partial charge in [0, 0.05) is 4.47 Å². The number of thioether (sulfide) groups is 1. The molecule has 1 N–H and O–H groups in total. The van der Waals surface area contributed by atoms with Crippen molar-refractivity contribution in [1.29, 1.82) is 0 Å². The lowest BCUT2D eigenvalue weighted by Gasteiger charge is -2.13. The highest BCUT2D eigenvalue weighted by atomic mass is 79.9. The van der Waals surface area contributed by atoms with E-state index >= 15 is 0 Å².